The van der Waals surface area contributed by atoms with E-state index < -0.39 is 0 Å². The first-order chi connectivity index (χ1) is 12.7. The van der Waals surface area contributed by atoms with E-state index >= 15 is 0 Å². The van der Waals surface area contributed by atoms with Crippen LogP contribution in [0, 0.1) is 6.92 Å². The molecule has 26 heavy (non-hydrogen) atoms. The minimum absolute atomic E-state index is 0.0560. The molecule has 4 aromatic rings. The lowest BCUT2D eigenvalue weighted by Gasteiger charge is -2.10. The number of benzene rings is 2. The summed E-state index contributed by atoms with van der Waals surface area (Å²) in [7, 11) is 0. The molecule has 2 heterocycles. The van der Waals surface area contributed by atoms with Crippen LogP contribution < -0.4 is 5.32 Å². The number of carbonyl (C=O) groups is 1. The van der Waals surface area contributed by atoms with E-state index in [-0.39, 0.29) is 5.91 Å². The molecule has 1 N–H and O–H groups in total. The molecule has 0 spiro atoms. The highest BCUT2D eigenvalue weighted by Crippen LogP contribution is 2.19. The van der Waals surface area contributed by atoms with E-state index in [4.69, 9.17) is 0 Å². The fourth-order valence-electron chi connectivity index (χ4n) is 3.60. The SMILES string of the molecule is Cc1cc2ccccc2n1CCCNC(=O)Cn1ccc2ccccc21. The lowest BCUT2D eigenvalue weighted by atomic mass is 10.2. The molecule has 0 aliphatic rings. The summed E-state index contributed by atoms with van der Waals surface area (Å²) < 4.78 is 4.31. The molecule has 0 aliphatic heterocycles. The highest BCUT2D eigenvalue weighted by Gasteiger charge is 2.07. The van der Waals surface area contributed by atoms with Crippen molar-refractivity contribution in [3.8, 4) is 0 Å². The van der Waals surface area contributed by atoms with Gasteiger partial charge in [-0.1, -0.05) is 36.4 Å². The summed E-state index contributed by atoms with van der Waals surface area (Å²) in [6, 6.07) is 20.8. The largest absolute Gasteiger partial charge is 0.354 e. The molecule has 1 amide bonds. The first kappa shape index (κ1) is 16.5. The smallest absolute Gasteiger partial charge is 0.239 e. The van der Waals surface area contributed by atoms with Gasteiger partial charge >= 0.3 is 0 Å². The van der Waals surface area contributed by atoms with Crippen LogP contribution in [0.5, 0.6) is 0 Å². The lowest BCUT2D eigenvalue weighted by molar-refractivity contribution is -0.121. The van der Waals surface area contributed by atoms with Crippen molar-refractivity contribution in [1.29, 1.82) is 0 Å². The van der Waals surface area contributed by atoms with E-state index in [1.807, 2.05) is 35.0 Å². The van der Waals surface area contributed by atoms with Crippen LogP contribution in [0.3, 0.4) is 0 Å². The molecule has 0 bridgehead atoms. The van der Waals surface area contributed by atoms with E-state index in [9.17, 15) is 4.79 Å². The molecular weight excluding hydrogens is 322 g/mol. The van der Waals surface area contributed by atoms with Gasteiger partial charge in [0.15, 0.2) is 0 Å². The molecule has 0 saturated carbocycles. The van der Waals surface area contributed by atoms with E-state index in [0.717, 1.165) is 23.9 Å². The predicted molar refractivity (Wildman–Crippen MR) is 106 cm³/mol. The first-order valence-electron chi connectivity index (χ1n) is 9.08. The van der Waals surface area contributed by atoms with E-state index in [1.54, 1.807) is 0 Å². The van der Waals surface area contributed by atoms with Crippen molar-refractivity contribution < 1.29 is 4.79 Å². The summed E-state index contributed by atoms with van der Waals surface area (Å²) in [6.07, 6.45) is 2.89. The molecule has 4 rings (SSSR count). The van der Waals surface area contributed by atoms with Gasteiger partial charge < -0.3 is 14.5 Å². The van der Waals surface area contributed by atoms with Gasteiger partial charge in [-0.15, -0.1) is 0 Å². The van der Waals surface area contributed by atoms with Crippen LogP contribution >= 0.6 is 0 Å². The van der Waals surface area contributed by atoms with E-state index in [1.165, 1.54) is 16.6 Å². The maximum Gasteiger partial charge on any atom is 0.239 e. The van der Waals surface area contributed by atoms with E-state index in [0.29, 0.717) is 13.1 Å². The number of hydrogen-bond donors (Lipinski definition) is 1. The quantitative estimate of drug-likeness (QED) is 0.525. The van der Waals surface area contributed by atoms with Gasteiger partial charge in [0, 0.05) is 36.0 Å². The fourth-order valence-corrected chi connectivity index (χ4v) is 3.60. The Hall–Kier alpha value is -3.01. The van der Waals surface area contributed by atoms with Gasteiger partial charge in [-0.25, -0.2) is 0 Å². The zero-order valence-corrected chi connectivity index (χ0v) is 15.0. The molecule has 0 fully saturated rings. The standard InChI is InChI=1S/C22H23N3O/c1-17-15-19-8-3-5-10-21(19)25(17)13-6-12-23-22(26)16-24-14-11-18-7-2-4-9-20(18)24/h2-5,7-11,14-15H,6,12-13,16H2,1H3,(H,23,26). The topological polar surface area (TPSA) is 39.0 Å². The van der Waals surface area contributed by atoms with Crippen molar-refractivity contribution in [3.63, 3.8) is 0 Å². The normalized spacial score (nSPS) is 11.3. The Kier molecular flexibility index (Phi) is 4.48. The number of para-hydroxylation sites is 2. The number of rotatable bonds is 6. The second-order valence-electron chi connectivity index (χ2n) is 6.70. The minimum Gasteiger partial charge on any atom is -0.354 e. The summed E-state index contributed by atoms with van der Waals surface area (Å²) >= 11 is 0. The van der Waals surface area contributed by atoms with Gasteiger partial charge in [-0.05, 0) is 48.4 Å². The van der Waals surface area contributed by atoms with Crippen LogP contribution in [0.4, 0.5) is 0 Å². The number of amides is 1. The number of hydrogen-bond acceptors (Lipinski definition) is 1. The summed E-state index contributed by atoms with van der Waals surface area (Å²) in [4.78, 5) is 12.3. The average molecular weight is 345 g/mol. The molecule has 0 aliphatic carbocycles. The van der Waals surface area contributed by atoms with Crippen LogP contribution in [0.25, 0.3) is 21.8 Å². The molecule has 2 aromatic carbocycles. The fraction of sp³-hybridized carbons (Fsp3) is 0.227. The molecule has 4 nitrogen and oxygen atoms in total. The summed E-state index contributed by atoms with van der Waals surface area (Å²) in [5, 5.41) is 5.48. The zero-order valence-electron chi connectivity index (χ0n) is 15.0. The number of aromatic nitrogens is 2. The Bertz CT molecular complexity index is 1060. The average Bonchev–Trinajstić information content (AvgIpc) is 3.20. The monoisotopic (exact) mass is 345 g/mol. The Morgan fingerprint density at radius 2 is 1.69 bits per heavy atom. The Morgan fingerprint density at radius 1 is 0.962 bits per heavy atom. The maximum absolute atomic E-state index is 12.3. The van der Waals surface area contributed by atoms with Crippen LogP contribution in [0.1, 0.15) is 12.1 Å². The summed E-state index contributed by atoms with van der Waals surface area (Å²) in [5.41, 5.74) is 3.61. The van der Waals surface area contributed by atoms with Gasteiger partial charge in [0.05, 0.1) is 0 Å². The van der Waals surface area contributed by atoms with Crippen LogP contribution in [0.2, 0.25) is 0 Å². The zero-order chi connectivity index (χ0) is 17.9. The molecule has 4 heteroatoms. The Labute approximate surface area is 153 Å². The van der Waals surface area contributed by atoms with Crippen LogP contribution in [-0.2, 0) is 17.9 Å². The molecule has 0 atom stereocenters. The molecule has 0 saturated heterocycles. The highest BCUT2D eigenvalue weighted by atomic mass is 16.1. The maximum atomic E-state index is 12.3. The van der Waals surface area contributed by atoms with Crippen molar-refractivity contribution in [3.05, 3.63) is 72.6 Å². The molecule has 2 aromatic heterocycles. The molecule has 0 unspecified atom stereocenters. The number of nitrogens with one attached hydrogen (secondary N) is 1. The lowest BCUT2D eigenvalue weighted by Crippen LogP contribution is -2.28. The predicted octanol–water partition coefficient (Wildman–Crippen LogP) is 4.11. The molecule has 132 valence electrons. The minimum atomic E-state index is 0.0560. The van der Waals surface area contributed by atoms with Crippen molar-refractivity contribution >= 4 is 27.7 Å². The van der Waals surface area contributed by atoms with Gasteiger partial charge in [0.2, 0.25) is 5.91 Å². The molecular formula is C22H23N3O. The van der Waals surface area contributed by atoms with Crippen molar-refractivity contribution in [2.24, 2.45) is 0 Å². The number of aryl methyl sites for hydroxylation is 2. The first-order valence-corrected chi connectivity index (χ1v) is 9.08. The van der Waals surface area contributed by atoms with E-state index in [2.05, 4.69) is 53.2 Å². The number of fused-ring (bicyclic) bond motifs is 2. The Balaban J connectivity index is 1.32. The van der Waals surface area contributed by atoms with Gasteiger partial charge in [0.1, 0.15) is 6.54 Å². The van der Waals surface area contributed by atoms with Crippen LogP contribution in [0.15, 0.2) is 66.9 Å². The number of nitrogens with zero attached hydrogens (tertiary/aromatic N) is 2. The van der Waals surface area contributed by atoms with Crippen molar-refractivity contribution in [1.82, 2.24) is 14.5 Å². The number of carbonyl (C=O) groups excluding carboxylic acids is 1. The highest BCUT2D eigenvalue weighted by molar-refractivity contribution is 5.83. The van der Waals surface area contributed by atoms with Gasteiger partial charge in [0.25, 0.3) is 0 Å². The second-order valence-corrected chi connectivity index (χ2v) is 6.70. The van der Waals surface area contributed by atoms with Crippen molar-refractivity contribution in [2.45, 2.75) is 26.4 Å². The third kappa shape index (κ3) is 3.23. The second kappa shape index (κ2) is 7.08. The third-order valence-corrected chi connectivity index (χ3v) is 4.89. The third-order valence-electron chi connectivity index (χ3n) is 4.89. The van der Waals surface area contributed by atoms with Crippen molar-refractivity contribution in [2.75, 3.05) is 6.54 Å². The summed E-state index contributed by atoms with van der Waals surface area (Å²) in [6.45, 7) is 4.09. The summed E-state index contributed by atoms with van der Waals surface area (Å²) in [5.74, 6) is 0.0560. The van der Waals surface area contributed by atoms with Crippen LogP contribution in [-0.4, -0.2) is 21.6 Å². The Morgan fingerprint density at radius 3 is 2.54 bits per heavy atom. The molecule has 0 radical (unpaired) electrons. The van der Waals surface area contributed by atoms with Gasteiger partial charge in [-0.3, -0.25) is 4.79 Å². The van der Waals surface area contributed by atoms with Gasteiger partial charge in [-0.2, -0.15) is 0 Å².